The fraction of sp³-hybridized carbons (Fsp3) is 1.00. The van der Waals surface area contributed by atoms with E-state index in [2.05, 4.69) is 0 Å². The van der Waals surface area contributed by atoms with Gasteiger partial charge >= 0.3 is 10.4 Å². The SMILES string of the molecule is O=S(=O)(O)O.OCCCCO. The Morgan fingerprint density at radius 1 is 0.909 bits per heavy atom. The van der Waals surface area contributed by atoms with E-state index < -0.39 is 10.4 Å². The van der Waals surface area contributed by atoms with Crippen molar-refractivity contribution in [1.29, 1.82) is 0 Å². The summed E-state index contributed by atoms with van der Waals surface area (Å²) in [6.45, 7) is 0.390. The van der Waals surface area contributed by atoms with E-state index in [4.69, 9.17) is 27.7 Å². The highest BCUT2D eigenvalue weighted by atomic mass is 32.3. The van der Waals surface area contributed by atoms with Crippen LogP contribution in [0.15, 0.2) is 0 Å². The second-order valence-electron chi connectivity index (χ2n) is 1.60. The summed E-state index contributed by atoms with van der Waals surface area (Å²) in [7, 11) is -4.67. The number of unbranched alkanes of at least 4 members (excludes halogenated alkanes) is 1. The first-order valence-corrected chi connectivity index (χ1v) is 4.23. The van der Waals surface area contributed by atoms with Crippen LogP contribution < -0.4 is 0 Å². The molecule has 0 fully saturated rings. The first-order chi connectivity index (χ1) is 4.91. The quantitative estimate of drug-likeness (QED) is 0.337. The molecular weight excluding hydrogens is 176 g/mol. The molecule has 0 saturated heterocycles. The molecule has 7 heteroatoms. The molecule has 4 N–H and O–H groups in total. The molecule has 0 aromatic heterocycles. The molecule has 11 heavy (non-hydrogen) atoms. The van der Waals surface area contributed by atoms with Crippen LogP contribution in [0.25, 0.3) is 0 Å². The van der Waals surface area contributed by atoms with Crippen LogP contribution in [-0.2, 0) is 10.4 Å². The van der Waals surface area contributed by atoms with E-state index in [0.717, 1.165) is 12.8 Å². The van der Waals surface area contributed by atoms with Gasteiger partial charge in [-0.05, 0) is 12.8 Å². The Kier molecular flexibility index (Phi) is 9.60. The van der Waals surface area contributed by atoms with E-state index in [1.165, 1.54) is 0 Å². The predicted octanol–water partition coefficient (Wildman–Crippen LogP) is -0.902. The Morgan fingerprint density at radius 2 is 1.09 bits per heavy atom. The van der Waals surface area contributed by atoms with Gasteiger partial charge in [0.05, 0.1) is 0 Å². The minimum Gasteiger partial charge on any atom is -0.396 e. The lowest BCUT2D eigenvalue weighted by Crippen LogP contribution is -1.89. The molecule has 0 aliphatic carbocycles. The maximum absolute atomic E-state index is 8.74. The van der Waals surface area contributed by atoms with Crippen LogP contribution in [0, 0.1) is 0 Å². The molecule has 0 rings (SSSR count). The lowest BCUT2D eigenvalue weighted by atomic mass is 10.3. The maximum atomic E-state index is 8.74. The Balaban J connectivity index is 0. The first kappa shape index (κ1) is 13.4. The summed E-state index contributed by atoms with van der Waals surface area (Å²) >= 11 is 0. The number of aliphatic hydroxyl groups is 2. The highest BCUT2D eigenvalue weighted by molar-refractivity contribution is 7.79. The van der Waals surface area contributed by atoms with Gasteiger partial charge in [-0.25, -0.2) is 0 Å². The summed E-state index contributed by atoms with van der Waals surface area (Å²) in [4.78, 5) is 0. The van der Waals surface area contributed by atoms with Gasteiger partial charge < -0.3 is 10.2 Å². The predicted molar refractivity (Wildman–Crippen MR) is 37.6 cm³/mol. The summed E-state index contributed by atoms with van der Waals surface area (Å²) in [5.74, 6) is 0. The zero-order valence-electron chi connectivity index (χ0n) is 5.84. The summed E-state index contributed by atoms with van der Waals surface area (Å²) in [5.41, 5.74) is 0. The first-order valence-electron chi connectivity index (χ1n) is 2.83. The van der Waals surface area contributed by atoms with Crippen LogP contribution in [0.3, 0.4) is 0 Å². The van der Waals surface area contributed by atoms with Gasteiger partial charge in [0, 0.05) is 13.2 Å². The van der Waals surface area contributed by atoms with Crippen molar-refractivity contribution >= 4 is 10.4 Å². The van der Waals surface area contributed by atoms with Crippen molar-refractivity contribution in [3.8, 4) is 0 Å². The van der Waals surface area contributed by atoms with E-state index >= 15 is 0 Å². The van der Waals surface area contributed by atoms with Gasteiger partial charge in [0.2, 0.25) is 0 Å². The molecule has 0 bridgehead atoms. The topological polar surface area (TPSA) is 115 Å². The Morgan fingerprint density at radius 3 is 1.18 bits per heavy atom. The second kappa shape index (κ2) is 7.89. The molecule has 0 aliphatic rings. The Bertz CT molecular complexity index is 138. The average molecular weight is 188 g/mol. The molecular formula is C4H12O6S. The fourth-order valence-electron chi connectivity index (χ4n) is 0.224. The lowest BCUT2D eigenvalue weighted by Gasteiger charge is -1.85. The maximum Gasteiger partial charge on any atom is 0.394 e. The molecule has 0 aliphatic heterocycles. The van der Waals surface area contributed by atoms with Crippen LogP contribution in [0.5, 0.6) is 0 Å². The molecule has 70 valence electrons. The Labute approximate surface area is 65.1 Å². The van der Waals surface area contributed by atoms with Crippen molar-refractivity contribution in [1.82, 2.24) is 0 Å². The van der Waals surface area contributed by atoms with Gasteiger partial charge in [0.1, 0.15) is 0 Å². The summed E-state index contributed by atoms with van der Waals surface area (Å²) in [6, 6.07) is 0. The lowest BCUT2D eigenvalue weighted by molar-refractivity contribution is 0.242. The zero-order chi connectivity index (χ0) is 9.33. The van der Waals surface area contributed by atoms with Gasteiger partial charge in [-0.3, -0.25) is 9.11 Å². The van der Waals surface area contributed by atoms with Crippen molar-refractivity contribution < 1.29 is 27.7 Å². The molecule has 0 atom stereocenters. The van der Waals surface area contributed by atoms with Crippen molar-refractivity contribution in [2.45, 2.75) is 12.8 Å². The number of hydrogen-bond acceptors (Lipinski definition) is 4. The molecule has 0 spiro atoms. The minimum absolute atomic E-state index is 0.195. The minimum atomic E-state index is -4.67. The van der Waals surface area contributed by atoms with Gasteiger partial charge in [0.15, 0.2) is 0 Å². The highest BCUT2D eigenvalue weighted by Gasteiger charge is 1.84. The molecule has 0 heterocycles. The molecule has 0 aromatic rings. The van der Waals surface area contributed by atoms with Gasteiger partial charge in [-0.2, -0.15) is 8.42 Å². The molecule has 0 amide bonds. The van der Waals surface area contributed by atoms with Crippen molar-refractivity contribution in [3.05, 3.63) is 0 Å². The third kappa shape index (κ3) is 76.3. The monoisotopic (exact) mass is 188 g/mol. The Hall–Kier alpha value is -0.210. The average Bonchev–Trinajstić information content (AvgIpc) is 1.79. The van der Waals surface area contributed by atoms with Crippen molar-refractivity contribution in [2.75, 3.05) is 13.2 Å². The smallest absolute Gasteiger partial charge is 0.394 e. The van der Waals surface area contributed by atoms with E-state index in [9.17, 15) is 0 Å². The largest absolute Gasteiger partial charge is 0.396 e. The van der Waals surface area contributed by atoms with Gasteiger partial charge in [-0.1, -0.05) is 0 Å². The molecule has 6 nitrogen and oxygen atoms in total. The number of hydrogen-bond donors (Lipinski definition) is 4. The summed E-state index contributed by atoms with van der Waals surface area (Å²) in [6.07, 6.45) is 1.44. The van der Waals surface area contributed by atoms with Crippen molar-refractivity contribution in [2.24, 2.45) is 0 Å². The van der Waals surface area contributed by atoms with Crippen LogP contribution in [0.2, 0.25) is 0 Å². The summed E-state index contributed by atoms with van der Waals surface area (Å²) < 4.78 is 31.6. The van der Waals surface area contributed by atoms with Crippen LogP contribution in [-0.4, -0.2) is 41.0 Å². The van der Waals surface area contributed by atoms with Crippen LogP contribution in [0.1, 0.15) is 12.8 Å². The summed E-state index contributed by atoms with van der Waals surface area (Å²) in [5, 5.41) is 16.2. The molecule has 0 saturated carbocycles. The molecule has 0 aromatic carbocycles. The molecule has 0 radical (unpaired) electrons. The van der Waals surface area contributed by atoms with E-state index in [-0.39, 0.29) is 13.2 Å². The fourth-order valence-corrected chi connectivity index (χ4v) is 0.224. The third-order valence-electron chi connectivity index (χ3n) is 0.566. The van der Waals surface area contributed by atoms with Gasteiger partial charge in [0.25, 0.3) is 0 Å². The highest BCUT2D eigenvalue weighted by Crippen LogP contribution is 1.80. The van der Waals surface area contributed by atoms with E-state index in [1.807, 2.05) is 0 Å². The van der Waals surface area contributed by atoms with Gasteiger partial charge in [-0.15, -0.1) is 0 Å². The number of aliphatic hydroxyl groups excluding tert-OH is 2. The molecule has 0 unspecified atom stereocenters. The van der Waals surface area contributed by atoms with Crippen LogP contribution in [0.4, 0.5) is 0 Å². The zero-order valence-corrected chi connectivity index (χ0v) is 6.66. The van der Waals surface area contributed by atoms with E-state index in [0.29, 0.717) is 0 Å². The third-order valence-corrected chi connectivity index (χ3v) is 0.566. The second-order valence-corrected chi connectivity index (χ2v) is 2.50. The van der Waals surface area contributed by atoms with Crippen LogP contribution >= 0.6 is 0 Å². The standard InChI is InChI=1S/C4H10O2.H2O4S/c5-3-1-2-4-6;1-5(2,3)4/h5-6H,1-4H2;(H2,1,2,3,4). The van der Waals surface area contributed by atoms with E-state index in [1.54, 1.807) is 0 Å². The normalized spacial score (nSPS) is 10.2. The van der Waals surface area contributed by atoms with Crippen molar-refractivity contribution in [3.63, 3.8) is 0 Å². The number of rotatable bonds is 3.